The molecule has 0 aromatic heterocycles. The molecule has 0 aliphatic carbocycles. The fourth-order valence-corrected chi connectivity index (χ4v) is 1.60. The molecule has 1 rings (SSSR count). The molecule has 0 amide bonds. The Kier molecular flexibility index (Phi) is 3.89. The molecule has 1 atom stereocenters. The number of ketones is 1. The van der Waals surface area contributed by atoms with E-state index in [1.807, 2.05) is 0 Å². The maximum atomic E-state index is 11.6. The zero-order chi connectivity index (χ0) is 12.0. The van der Waals surface area contributed by atoms with Crippen molar-refractivity contribution in [3.05, 3.63) is 48.6 Å². The van der Waals surface area contributed by atoms with E-state index >= 15 is 0 Å². The largest absolute Gasteiger partial charge is 0.302 e. The Hall–Kier alpha value is -2.03. The Morgan fingerprint density at radius 2 is 1.88 bits per heavy atom. The summed E-state index contributed by atoms with van der Waals surface area (Å²) in [7, 11) is 0. The predicted molar refractivity (Wildman–Crippen MR) is 60.1 cm³/mol. The topological polar surface area (TPSA) is 51.2 Å². The van der Waals surface area contributed by atoms with Gasteiger partial charge in [-0.25, -0.2) is 0 Å². The van der Waals surface area contributed by atoms with E-state index in [-0.39, 0.29) is 12.7 Å². The standard InChI is InChI=1S/C13H12O3/c1-2-8-13(10-15,12(16)9-14)11-6-4-3-5-7-11/h2-7,9-10H,1,8H2. The number of hydrogen-bond donors (Lipinski definition) is 0. The normalized spacial score (nSPS) is 13.5. The number of carbonyl (C=O) groups excluding carboxylic acids is 3. The van der Waals surface area contributed by atoms with E-state index in [4.69, 9.17) is 0 Å². The highest BCUT2D eigenvalue weighted by Gasteiger charge is 2.38. The van der Waals surface area contributed by atoms with Gasteiger partial charge in [-0.05, 0) is 12.0 Å². The first-order valence-electron chi connectivity index (χ1n) is 4.83. The molecule has 0 spiro atoms. The minimum atomic E-state index is -1.41. The van der Waals surface area contributed by atoms with Crippen LogP contribution >= 0.6 is 0 Å². The summed E-state index contributed by atoms with van der Waals surface area (Å²) >= 11 is 0. The van der Waals surface area contributed by atoms with Crippen LogP contribution in [0.1, 0.15) is 12.0 Å². The Balaban J connectivity index is 3.33. The van der Waals surface area contributed by atoms with Gasteiger partial charge in [0.25, 0.3) is 0 Å². The quantitative estimate of drug-likeness (QED) is 0.313. The zero-order valence-electron chi connectivity index (χ0n) is 8.76. The molecule has 0 fully saturated rings. The average Bonchev–Trinajstić information content (AvgIpc) is 2.36. The first kappa shape index (κ1) is 12.0. The summed E-state index contributed by atoms with van der Waals surface area (Å²) in [4.78, 5) is 33.4. The summed E-state index contributed by atoms with van der Waals surface area (Å²) < 4.78 is 0. The third kappa shape index (κ3) is 1.98. The Morgan fingerprint density at radius 3 is 2.31 bits per heavy atom. The molecular formula is C13H12O3. The van der Waals surface area contributed by atoms with Crippen molar-refractivity contribution in [2.45, 2.75) is 11.8 Å². The summed E-state index contributed by atoms with van der Waals surface area (Å²) in [5.41, 5.74) is -0.896. The molecule has 0 aliphatic rings. The highest BCUT2D eigenvalue weighted by molar-refractivity contribution is 6.34. The van der Waals surface area contributed by atoms with Gasteiger partial charge in [-0.3, -0.25) is 9.59 Å². The maximum absolute atomic E-state index is 11.6. The van der Waals surface area contributed by atoms with Gasteiger partial charge in [0.2, 0.25) is 5.78 Å². The maximum Gasteiger partial charge on any atom is 0.213 e. The Bertz CT molecular complexity index is 408. The fraction of sp³-hybridized carbons (Fsp3) is 0.154. The number of aldehydes is 2. The average molecular weight is 216 g/mol. The van der Waals surface area contributed by atoms with Crippen LogP contribution in [0.25, 0.3) is 0 Å². The van der Waals surface area contributed by atoms with Crippen LogP contribution in [-0.4, -0.2) is 18.4 Å². The molecule has 1 unspecified atom stereocenters. The summed E-state index contributed by atoms with van der Waals surface area (Å²) in [6, 6.07) is 8.51. The second-order valence-corrected chi connectivity index (χ2v) is 3.43. The van der Waals surface area contributed by atoms with Crippen molar-refractivity contribution >= 4 is 18.4 Å². The lowest BCUT2D eigenvalue weighted by atomic mass is 9.76. The first-order chi connectivity index (χ1) is 7.71. The minimum absolute atomic E-state index is 0.123. The van der Waals surface area contributed by atoms with E-state index in [1.165, 1.54) is 6.08 Å². The van der Waals surface area contributed by atoms with Crippen molar-refractivity contribution in [2.24, 2.45) is 0 Å². The number of hydrogen-bond acceptors (Lipinski definition) is 3. The Labute approximate surface area is 93.8 Å². The molecule has 0 bridgehead atoms. The molecule has 0 saturated carbocycles. The van der Waals surface area contributed by atoms with Crippen LogP contribution in [0.3, 0.4) is 0 Å². The lowest BCUT2D eigenvalue weighted by Crippen LogP contribution is -2.38. The number of Topliss-reactive ketones (excluding diaryl/α,β-unsaturated/α-hetero) is 1. The smallest absolute Gasteiger partial charge is 0.213 e. The van der Waals surface area contributed by atoms with Crippen molar-refractivity contribution in [2.75, 3.05) is 0 Å². The van der Waals surface area contributed by atoms with Crippen LogP contribution in [-0.2, 0) is 19.8 Å². The van der Waals surface area contributed by atoms with Gasteiger partial charge in [-0.2, -0.15) is 0 Å². The van der Waals surface area contributed by atoms with Crippen molar-refractivity contribution in [1.29, 1.82) is 0 Å². The molecule has 0 N–H and O–H groups in total. The molecule has 0 saturated heterocycles. The van der Waals surface area contributed by atoms with Crippen LogP contribution in [0.5, 0.6) is 0 Å². The number of carbonyl (C=O) groups is 3. The van der Waals surface area contributed by atoms with Crippen molar-refractivity contribution in [3.63, 3.8) is 0 Å². The van der Waals surface area contributed by atoms with Crippen molar-refractivity contribution in [3.8, 4) is 0 Å². The Morgan fingerprint density at radius 1 is 1.25 bits per heavy atom. The molecule has 16 heavy (non-hydrogen) atoms. The lowest BCUT2D eigenvalue weighted by molar-refractivity contribution is -0.136. The first-order valence-corrected chi connectivity index (χ1v) is 4.83. The molecule has 0 aliphatic heterocycles. The van der Waals surface area contributed by atoms with Crippen LogP contribution in [0, 0.1) is 0 Å². The second kappa shape index (κ2) is 5.16. The third-order valence-corrected chi connectivity index (χ3v) is 2.50. The molecule has 3 heteroatoms. The van der Waals surface area contributed by atoms with Gasteiger partial charge in [0, 0.05) is 0 Å². The SMILES string of the molecule is C=CCC(C=O)(C(=O)C=O)c1ccccc1. The van der Waals surface area contributed by atoms with Gasteiger partial charge in [-0.15, -0.1) is 6.58 Å². The molecule has 1 aromatic rings. The van der Waals surface area contributed by atoms with Crippen molar-refractivity contribution in [1.82, 2.24) is 0 Å². The summed E-state index contributed by atoms with van der Waals surface area (Å²) in [5.74, 6) is -0.742. The lowest BCUT2D eigenvalue weighted by Gasteiger charge is -2.23. The summed E-state index contributed by atoms with van der Waals surface area (Å²) in [6.45, 7) is 3.51. The van der Waals surface area contributed by atoms with E-state index in [0.717, 1.165) is 0 Å². The minimum Gasteiger partial charge on any atom is -0.302 e. The van der Waals surface area contributed by atoms with Gasteiger partial charge >= 0.3 is 0 Å². The van der Waals surface area contributed by atoms with Gasteiger partial charge in [0.1, 0.15) is 11.7 Å². The molecular weight excluding hydrogens is 204 g/mol. The molecule has 0 heterocycles. The van der Waals surface area contributed by atoms with Crippen LogP contribution in [0.15, 0.2) is 43.0 Å². The number of rotatable bonds is 6. The van der Waals surface area contributed by atoms with Gasteiger partial charge in [0.15, 0.2) is 6.29 Å². The predicted octanol–water partition coefficient (Wildman–Crippen LogP) is 1.47. The monoisotopic (exact) mass is 216 g/mol. The van der Waals surface area contributed by atoms with E-state index in [2.05, 4.69) is 6.58 Å². The number of benzene rings is 1. The van der Waals surface area contributed by atoms with Crippen LogP contribution < -0.4 is 0 Å². The highest BCUT2D eigenvalue weighted by Crippen LogP contribution is 2.26. The summed E-state index contributed by atoms with van der Waals surface area (Å²) in [5, 5.41) is 0. The summed E-state index contributed by atoms with van der Waals surface area (Å²) in [6.07, 6.45) is 2.28. The van der Waals surface area contributed by atoms with Gasteiger partial charge in [0.05, 0.1) is 0 Å². The zero-order valence-corrected chi connectivity index (χ0v) is 8.76. The highest BCUT2D eigenvalue weighted by atomic mass is 16.2. The van der Waals surface area contributed by atoms with Crippen LogP contribution in [0.2, 0.25) is 0 Å². The molecule has 82 valence electrons. The molecule has 1 aromatic carbocycles. The van der Waals surface area contributed by atoms with Gasteiger partial charge in [-0.1, -0.05) is 36.4 Å². The molecule has 0 radical (unpaired) electrons. The van der Waals surface area contributed by atoms with Gasteiger partial charge < -0.3 is 4.79 Å². The fourth-order valence-electron chi connectivity index (χ4n) is 1.60. The van der Waals surface area contributed by atoms with E-state index in [1.54, 1.807) is 30.3 Å². The van der Waals surface area contributed by atoms with E-state index in [9.17, 15) is 14.4 Å². The molecule has 3 nitrogen and oxygen atoms in total. The third-order valence-electron chi connectivity index (χ3n) is 2.50. The van der Waals surface area contributed by atoms with E-state index < -0.39 is 11.2 Å². The second-order valence-electron chi connectivity index (χ2n) is 3.43. The van der Waals surface area contributed by atoms with E-state index in [0.29, 0.717) is 11.8 Å². The number of allylic oxidation sites excluding steroid dienone is 1. The van der Waals surface area contributed by atoms with Crippen LogP contribution in [0.4, 0.5) is 0 Å². The van der Waals surface area contributed by atoms with Crippen molar-refractivity contribution < 1.29 is 14.4 Å².